The summed E-state index contributed by atoms with van der Waals surface area (Å²) in [5.74, 6) is 0.341. The zero-order chi connectivity index (χ0) is 21.8. The minimum atomic E-state index is -3.71. The molecule has 2 aromatic carbocycles. The summed E-state index contributed by atoms with van der Waals surface area (Å²) in [5.41, 5.74) is 2.82. The van der Waals surface area contributed by atoms with Crippen LogP contribution in [-0.2, 0) is 27.6 Å². The summed E-state index contributed by atoms with van der Waals surface area (Å²) in [7, 11) is -3.71. The fourth-order valence-corrected chi connectivity index (χ4v) is 5.48. The molecule has 0 atom stereocenters. The van der Waals surface area contributed by atoms with Crippen LogP contribution in [0.15, 0.2) is 41.3 Å². The van der Waals surface area contributed by atoms with Gasteiger partial charge in [0.25, 0.3) is 5.91 Å². The molecule has 31 heavy (non-hydrogen) atoms. The maximum absolute atomic E-state index is 12.8. The van der Waals surface area contributed by atoms with Gasteiger partial charge < -0.3 is 14.8 Å². The number of nitrogens with zero attached hydrogens (tertiary/aromatic N) is 1. The number of nitrogens with one attached hydrogen (secondary N) is 1. The Kier molecular flexibility index (Phi) is 6.81. The smallest absolute Gasteiger partial charge is 0.252 e. The van der Waals surface area contributed by atoms with E-state index in [2.05, 4.69) is 17.4 Å². The quantitative estimate of drug-likeness (QED) is 0.637. The Morgan fingerprint density at radius 2 is 1.87 bits per heavy atom. The van der Waals surface area contributed by atoms with Gasteiger partial charge in [-0.3, -0.25) is 4.79 Å². The minimum absolute atomic E-state index is 0.0401. The minimum Gasteiger partial charge on any atom is -0.492 e. The van der Waals surface area contributed by atoms with Gasteiger partial charge >= 0.3 is 0 Å². The lowest BCUT2D eigenvalue weighted by Gasteiger charge is -2.26. The highest BCUT2D eigenvalue weighted by Crippen LogP contribution is 2.26. The van der Waals surface area contributed by atoms with Crippen LogP contribution in [0.4, 0.5) is 0 Å². The van der Waals surface area contributed by atoms with Crippen LogP contribution in [0.3, 0.4) is 0 Å². The molecule has 1 amide bonds. The van der Waals surface area contributed by atoms with Crippen molar-refractivity contribution in [3.05, 3.63) is 58.1 Å². The van der Waals surface area contributed by atoms with Gasteiger partial charge in [0.2, 0.25) is 10.0 Å². The molecule has 1 saturated heterocycles. The van der Waals surface area contributed by atoms with Crippen molar-refractivity contribution in [2.75, 3.05) is 39.5 Å². The van der Waals surface area contributed by atoms with E-state index >= 15 is 0 Å². The molecule has 1 fully saturated rings. The molecular weight excluding hydrogens is 440 g/mol. The van der Waals surface area contributed by atoms with Gasteiger partial charge in [0.05, 0.1) is 35.2 Å². The third kappa shape index (κ3) is 5.03. The molecule has 0 radical (unpaired) electrons. The topological polar surface area (TPSA) is 84.9 Å². The first-order valence-electron chi connectivity index (χ1n) is 10.4. The van der Waals surface area contributed by atoms with Crippen molar-refractivity contribution < 1.29 is 22.7 Å². The number of amides is 1. The molecule has 0 aromatic heterocycles. The summed E-state index contributed by atoms with van der Waals surface area (Å²) in [6.45, 7) is 1.84. The van der Waals surface area contributed by atoms with E-state index in [-0.39, 0.29) is 35.1 Å². The van der Waals surface area contributed by atoms with E-state index in [0.29, 0.717) is 19.8 Å². The fourth-order valence-electron chi connectivity index (χ4n) is 3.84. The zero-order valence-corrected chi connectivity index (χ0v) is 18.7. The summed E-state index contributed by atoms with van der Waals surface area (Å²) in [6.07, 6.45) is 3.37. The van der Waals surface area contributed by atoms with Crippen LogP contribution >= 0.6 is 11.6 Å². The average Bonchev–Trinajstić information content (AvgIpc) is 3.25. The van der Waals surface area contributed by atoms with Gasteiger partial charge in [-0.2, -0.15) is 4.31 Å². The van der Waals surface area contributed by atoms with Crippen LogP contribution in [0.5, 0.6) is 5.75 Å². The summed E-state index contributed by atoms with van der Waals surface area (Å²) >= 11 is 6.17. The van der Waals surface area contributed by atoms with E-state index in [0.717, 1.165) is 18.6 Å². The van der Waals surface area contributed by atoms with Gasteiger partial charge in [-0.05, 0) is 60.7 Å². The van der Waals surface area contributed by atoms with E-state index in [4.69, 9.17) is 21.1 Å². The molecule has 2 aliphatic rings. The van der Waals surface area contributed by atoms with Gasteiger partial charge in [0.1, 0.15) is 12.4 Å². The van der Waals surface area contributed by atoms with Crippen LogP contribution < -0.4 is 10.1 Å². The van der Waals surface area contributed by atoms with Crippen molar-refractivity contribution in [1.82, 2.24) is 9.62 Å². The van der Waals surface area contributed by atoms with Crippen LogP contribution in [0.25, 0.3) is 0 Å². The predicted molar refractivity (Wildman–Crippen MR) is 117 cm³/mol. The number of carbonyl (C=O) groups is 1. The highest BCUT2D eigenvalue weighted by molar-refractivity contribution is 7.89. The molecule has 0 spiro atoms. The molecule has 1 N–H and O–H groups in total. The number of carbonyl (C=O) groups excluding carboxylic acids is 1. The molecule has 2 aromatic rings. The molecule has 9 heteroatoms. The first kappa shape index (κ1) is 22.1. The first-order valence-corrected chi connectivity index (χ1v) is 12.2. The van der Waals surface area contributed by atoms with E-state index < -0.39 is 15.9 Å². The normalized spacial score (nSPS) is 16.7. The van der Waals surface area contributed by atoms with Gasteiger partial charge in [-0.15, -0.1) is 0 Å². The van der Waals surface area contributed by atoms with Gasteiger partial charge in [-0.1, -0.05) is 17.7 Å². The second-order valence-corrected chi connectivity index (χ2v) is 9.89. The number of benzene rings is 2. The summed E-state index contributed by atoms with van der Waals surface area (Å²) in [6, 6.07) is 10.3. The molecular formula is C22H25ClN2O5S. The largest absolute Gasteiger partial charge is 0.492 e. The lowest BCUT2D eigenvalue weighted by atomic mass is 10.1. The number of halogens is 1. The Morgan fingerprint density at radius 3 is 2.68 bits per heavy atom. The highest BCUT2D eigenvalue weighted by Gasteiger charge is 2.27. The number of sulfonamides is 1. The van der Waals surface area contributed by atoms with E-state index in [1.165, 1.54) is 40.1 Å². The van der Waals surface area contributed by atoms with E-state index in [9.17, 15) is 13.2 Å². The van der Waals surface area contributed by atoms with Gasteiger partial charge in [-0.25, -0.2) is 8.42 Å². The average molecular weight is 465 g/mol. The number of hydrogen-bond donors (Lipinski definition) is 1. The maximum Gasteiger partial charge on any atom is 0.252 e. The Bertz CT molecular complexity index is 1070. The van der Waals surface area contributed by atoms with Crippen LogP contribution in [0.1, 0.15) is 27.9 Å². The molecule has 1 aliphatic heterocycles. The monoisotopic (exact) mass is 464 g/mol. The third-order valence-electron chi connectivity index (χ3n) is 5.52. The second-order valence-electron chi connectivity index (χ2n) is 7.55. The third-order valence-corrected chi connectivity index (χ3v) is 7.74. The molecule has 166 valence electrons. The standard InChI is InChI=1S/C22H25ClN2O5S/c23-21-7-6-19(31(27,28)25-9-12-29-13-10-25)15-20(21)22(26)24-8-11-30-18-5-4-16-2-1-3-17(16)14-18/h4-7,14-15H,1-3,8-13H2,(H,24,26). The van der Waals surface area contributed by atoms with Crippen molar-refractivity contribution in [2.45, 2.75) is 24.2 Å². The zero-order valence-electron chi connectivity index (χ0n) is 17.1. The Balaban J connectivity index is 1.36. The number of ether oxygens (including phenoxy) is 2. The molecule has 0 saturated carbocycles. The molecule has 1 aliphatic carbocycles. The van der Waals surface area contributed by atoms with Gasteiger partial charge in [0.15, 0.2) is 0 Å². The molecule has 1 heterocycles. The van der Waals surface area contributed by atoms with Crippen molar-refractivity contribution in [3.63, 3.8) is 0 Å². The SMILES string of the molecule is O=C(NCCOc1ccc2c(c1)CCC2)c1cc(S(=O)(=O)N2CCOCC2)ccc1Cl. The lowest BCUT2D eigenvalue weighted by Crippen LogP contribution is -2.40. The predicted octanol–water partition coefficient (Wildman–Crippen LogP) is 2.66. The summed E-state index contributed by atoms with van der Waals surface area (Å²) in [5, 5.41) is 2.94. The second kappa shape index (κ2) is 9.56. The Hall–Kier alpha value is -2.13. The van der Waals surface area contributed by atoms with Crippen molar-refractivity contribution in [3.8, 4) is 5.75 Å². The molecule has 7 nitrogen and oxygen atoms in total. The highest BCUT2D eigenvalue weighted by atomic mass is 35.5. The summed E-state index contributed by atoms with van der Waals surface area (Å²) < 4.78 is 38.0. The molecule has 0 unspecified atom stereocenters. The number of hydrogen-bond acceptors (Lipinski definition) is 5. The Labute approximate surface area is 187 Å². The Morgan fingerprint density at radius 1 is 1.10 bits per heavy atom. The van der Waals surface area contributed by atoms with Crippen molar-refractivity contribution in [1.29, 1.82) is 0 Å². The number of aryl methyl sites for hydroxylation is 2. The lowest BCUT2D eigenvalue weighted by molar-refractivity contribution is 0.0730. The van der Waals surface area contributed by atoms with Gasteiger partial charge in [0, 0.05) is 13.1 Å². The van der Waals surface area contributed by atoms with Crippen LogP contribution in [0.2, 0.25) is 5.02 Å². The number of rotatable bonds is 7. The van der Waals surface area contributed by atoms with Crippen LogP contribution in [0, 0.1) is 0 Å². The molecule has 0 bridgehead atoms. The van der Waals surface area contributed by atoms with Crippen molar-refractivity contribution in [2.24, 2.45) is 0 Å². The van der Waals surface area contributed by atoms with E-state index in [1.807, 2.05) is 6.07 Å². The fraction of sp³-hybridized carbons (Fsp3) is 0.409. The number of fused-ring (bicyclic) bond motifs is 1. The number of morpholine rings is 1. The molecule has 4 rings (SSSR count). The van der Waals surface area contributed by atoms with Crippen molar-refractivity contribution >= 4 is 27.5 Å². The summed E-state index contributed by atoms with van der Waals surface area (Å²) in [4.78, 5) is 12.6. The van der Waals surface area contributed by atoms with Crippen LogP contribution in [-0.4, -0.2) is 58.1 Å². The van der Waals surface area contributed by atoms with E-state index in [1.54, 1.807) is 0 Å². The first-order chi connectivity index (χ1) is 14.9. The maximum atomic E-state index is 12.8.